The molecule has 0 bridgehead atoms. The van der Waals surface area contributed by atoms with E-state index in [1.165, 1.54) is 5.56 Å². The Balaban J connectivity index is 2.18. The molecule has 2 atom stereocenters. The van der Waals surface area contributed by atoms with Crippen molar-refractivity contribution in [3.8, 4) is 0 Å². The van der Waals surface area contributed by atoms with Gasteiger partial charge in [-0.05, 0) is 45.1 Å². The molecule has 23 heavy (non-hydrogen) atoms. The van der Waals surface area contributed by atoms with Crippen LogP contribution in [-0.2, 0) is 4.74 Å². The Kier molecular flexibility index (Phi) is 5.24. The number of carbonyl (C=O) groups excluding carboxylic acids is 1. The van der Waals surface area contributed by atoms with Crippen molar-refractivity contribution in [3.05, 3.63) is 35.9 Å². The average molecular weight is 334 g/mol. The highest BCUT2D eigenvalue weighted by atomic mass is 28.3. The van der Waals surface area contributed by atoms with Crippen LogP contribution in [0.5, 0.6) is 0 Å². The van der Waals surface area contributed by atoms with Crippen LogP contribution in [0.4, 0.5) is 4.79 Å². The van der Waals surface area contributed by atoms with Gasteiger partial charge in [0.1, 0.15) is 5.60 Å². The Morgan fingerprint density at radius 2 is 1.78 bits per heavy atom. The third-order valence-corrected chi connectivity index (χ3v) is 7.05. The molecule has 0 N–H and O–H groups in total. The number of piperidine rings is 1. The van der Waals surface area contributed by atoms with Gasteiger partial charge in [-0.25, -0.2) is 4.79 Å². The summed E-state index contributed by atoms with van der Waals surface area (Å²) in [4.78, 5) is 14.7. The van der Waals surface area contributed by atoms with Gasteiger partial charge in [0.15, 0.2) is 0 Å². The number of ether oxygens (including phenoxy) is 1. The van der Waals surface area contributed by atoms with Gasteiger partial charge in [0.2, 0.25) is 0 Å². The monoisotopic (exact) mass is 333 g/mol. The zero-order valence-electron chi connectivity index (χ0n) is 15.4. The molecular formula is C19H31NO2Si. The van der Waals surface area contributed by atoms with Crippen molar-refractivity contribution in [3.63, 3.8) is 0 Å². The van der Waals surface area contributed by atoms with E-state index in [2.05, 4.69) is 50.0 Å². The number of amides is 1. The fourth-order valence-corrected chi connectivity index (χ4v) is 5.51. The zero-order valence-corrected chi connectivity index (χ0v) is 16.4. The standard InChI is InChI=1S/C19H31NO2Si/c1-19(2,3)22-18(21)20-13-12-16(14-17(20)23(4,5)6)15-10-8-7-9-11-15/h7-11,16-17H,12-14H2,1-6H3/t16-,17-/m1/s1. The summed E-state index contributed by atoms with van der Waals surface area (Å²) in [6.45, 7) is 13.7. The highest BCUT2D eigenvalue weighted by Crippen LogP contribution is 2.35. The lowest BCUT2D eigenvalue weighted by atomic mass is 9.89. The SMILES string of the molecule is CC(C)(C)OC(=O)N1CC[C@@H](c2ccccc2)C[C@H]1[Si](C)(C)C. The second kappa shape index (κ2) is 6.68. The minimum absolute atomic E-state index is 0.142. The van der Waals surface area contributed by atoms with E-state index < -0.39 is 13.7 Å². The first-order valence-corrected chi connectivity index (χ1v) is 12.2. The number of nitrogens with zero attached hydrogens (tertiary/aromatic N) is 1. The van der Waals surface area contributed by atoms with Crippen molar-refractivity contribution >= 4 is 14.2 Å². The van der Waals surface area contributed by atoms with Crippen LogP contribution < -0.4 is 0 Å². The molecule has 0 spiro atoms. The fraction of sp³-hybridized carbons (Fsp3) is 0.632. The number of hydrogen-bond acceptors (Lipinski definition) is 2. The van der Waals surface area contributed by atoms with Crippen LogP contribution >= 0.6 is 0 Å². The van der Waals surface area contributed by atoms with Crippen LogP contribution in [0.25, 0.3) is 0 Å². The van der Waals surface area contributed by atoms with Gasteiger partial charge in [0, 0.05) is 12.2 Å². The van der Waals surface area contributed by atoms with Crippen LogP contribution in [0.1, 0.15) is 45.1 Å². The Labute approximate surface area is 142 Å². The summed E-state index contributed by atoms with van der Waals surface area (Å²) in [5.74, 6) is 0.548. The summed E-state index contributed by atoms with van der Waals surface area (Å²) in [7, 11) is -1.51. The molecule has 1 aliphatic rings. The fourth-order valence-electron chi connectivity index (χ4n) is 3.35. The van der Waals surface area contributed by atoms with Crippen LogP contribution in [0.2, 0.25) is 19.6 Å². The van der Waals surface area contributed by atoms with Gasteiger partial charge in [-0.2, -0.15) is 0 Å². The van der Waals surface area contributed by atoms with Crippen molar-refractivity contribution in [1.29, 1.82) is 0 Å². The molecule has 0 aromatic heterocycles. The first-order valence-electron chi connectivity index (χ1n) is 8.62. The van der Waals surface area contributed by atoms with E-state index in [0.717, 1.165) is 19.4 Å². The smallest absolute Gasteiger partial charge is 0.410 e. The van der Waals surface area contributed by atoms with E-state index in [1.54, 1.807) is 0 Å². The molecule has 0 saturated carbocycles. The Hall–Kier alpha value is -1.29. The molecule has 1 heterocycles. The Bertz CT molecular complexity index is 531. The molecule has 1 aliphatic heterocycles. The topological polar surface area (TPSA) is 29.5 Å². The molecule has 1 aromatic rings. The molecule has 0 unspecified atom stereocenters. The van der Waals surface area contributed by atoms with E-state index in [4.69, 9.17) is 4.74 Å². The molecule has 1 amide bonds. The molecule has 2 rings (SSSR count). The van der Waals surface area contributed by atoms with Crippen LogP contribution in [0.3, 0.4) is 0 Å². The maximum atomic E-state index is 12.6. The number of benzene rings is 1. The van der Waals surface area contributed by atoms with E-state index in [1.807, 2.05) is 25.7 Å². The summed E-state index contributed by atoms with van der Waals surface area (Å²) in [6.07, 6.45) is 1.93. The maximum Gasteiger partial charge on any atom is 0.410 e. The van der Waals surface area contributed by atoms with Crippen molar-refractivity contribution in [2.75, 3.05) is 6.54 Å². The van der Waals surface area contributed by atoms with Gasteiger partial charge >= 0.3 is 6.09 Å². The summed E-state index contributed by atoms with van der Waals surface area (Å²) in [5.41, 5.74) is 1.30. The van der Waals surface area contributed by atoms with Gasteiger partial charge in [-0.1, -0.05) is 50.0 Å². The molecular weight excluding hydrogens is 302 g/mol. The number of carbonyl (C=O) groups is 1. The van der Waals surface area contributed by atoms with Crippen LogP contribution in [0, 0.1) is 0 Å². The molecule has 0 radical (unpaired) electrons. The lowest BCUT2D eigenvalue weighted by Gasteiger charge is -2.45. The summed E-state index contributed by atoms with van der Waals surface area (Å²) in [5, 5.41) is 0. The highest BCUT2D eigenvalue weighted by molar-refractivity contribution is 6.77. The Morgan fingerprint density at radius 3 is 2.30 bits per heavy atom. The van der Waals surface area contributed by atoms with Gasteiger partial charge < -0.3 is 9.64 Å². The first-order chi connectivity index (χ1) is 10.6. The van der Waals surface area contributed by atoms with Crippen molar-refractivity contribution < 1.29 is 9.53 Å². The predicted octanol–water partition coefficient (Wildman–Crippen LogP) is 5.05. The second-order valence-electron chi connectivity index (χ2n) is 8.69. The van der Waals surface area contributed by atoms with Gasteiger partial charge in [-0.3, -0.25) is 0 Å². The summed E-state index contributed by atoms with van der Waals surface area (Å²) < 4.78 is 5.65. The molecule has 1 aromatic carbocycles. The number of likely N-dealkylation sites (tertiary alicyclic amines) is 1. The highest BCUT2D eigenvalue weighted by Gasteiger charge is 2.41. The molecule has 128 valence electrons. The quantitative estimate of drug-likeness (QED) is 0.709. The minimum atomic E-state index is -1.51. The van der Waals surface area contributed by atoms with Crippen LogP contribution in [0.15, 0.2) is 30.3 Å². The first kappa shape index (κ1) is 18.1. The maximum absolute atomic E-state index is 12.6. The summed E-state index contributed by atoms with van der Waals surface area (Å²) >= 11 is 0. The van der Waals surface area contributed by atoms with Gasteiger partial charge in [0.05, 0.1) is 8.07 Å². The predicted molar refractivity (Wildman–Crippen MR) is 98.5 cm³/mol. The van der Waals surface area contributed by atoms with E-state index in [-0.39, 0.29) is 6.09 Å². The van der Waals surface area contributed by atoms with Gasteiger partial charge in [-0.15, -0.1) is 0 Å². The molecule has 3 nitrogen and oxygen atoms in total. The Morgan fingerprint density at radius 1 is 1.17 bits per heavy atom. The molecule has 4 heteroatoms. The van der Waals surface area contributed by atoms with E-state index >= 15 is 0 Å². The van der Waals surface area contributed by atoms with Crippen LogP contribution in [-0.4, -0.2) is 36.9 Å². The number of rotatable bonds is 2. The third kappa shape index (κ3) is 4.84. The lowest BCUT2D eigenvalue weighted by Crippen LogP contribution is -2.57. The van der Waals surface area contributed by atoms with E-state index in [0.29, 0.717) is 11.6 Å². The average Bonchev–Trinajstić information content (AvgIpc) is 2.45. The third-order valence-electron chi connectivity index (χ3n) is 4.50. The normalized spacial score (nSPS) is 22.8. The van der Waals surface area contributed by atoms with Crippen molar-refractivity contribution in [2.45, 2.75) is 70.4 Å². The molecule has 0 aliphatic carbocycles. The van der Waals surface area contributed by atoms with E-state index in [9.17, 15) is 4.79 Å². The second-order valence-corrected chi connectivity index (χ2v) is 14.1. The largest absolute Gasteiger partial charge is 0.444 e. The number of hydrogen-bond donors (Lipinski definition) is 0. The van der Waals surface area contributed by atoms with Crippen molar-refractivity contribution in [1.82, 2.24) is 4.90 Å². The minimum Gasteiger partial charge on any atom is -0.444 e. The summed E-state index contributed by atoms with van der Waals surface area (Å²) in [6, 6.07) is 10.7. The lowest BCUT2D eigenvalue weighted by molar-refractivity contribution is 0.0155. The molecule has 1 saturated heterocycles. The zero-order chi connectivity index (χ0) is 17.3. The van der Waals surface area contributed by atoms with Crippen molar-refractivity contribution in [2.24, 2.45) is 0 Å². The van der Waals surface area contributed by atoms with Gasteiger partial charge in [0.25, 0.3) is 0 Å². The molecule has 1 fully saturated rings.